The van der Waals surface area contributed by atoms with Crippen LogP contribution in [0, 0.1) is 0 Å². The number of anilines is 1. The van der Waals surface area contributed by atoms with E-state index >= 15 is 0 Å². The average Bonchev–Trinajstić information content (AvgIpc) is 2.49. The van der Waals surface area contributed by atoms with Crippen molar-refractivity contribution >= 4 is 23.2 Å². The number of aliphatic imine (C=N–C) groups is 1. The summed E-state index contributed by atoms with van der Waals surface area (Å²) < 4.78 is 0. The van der Waals surface area contributed by atoms with Crippen LogP contribution in [-0.4, -0.2) is 43.6 Å². The minimum Gasteiger partial charge on any atom is -0.368 e. The Hall–Kier alpha value is -1.46. The molecule has 0 unspecified atom stereocenters. The van der Waals surface area contributed by atoms with Gasteiger partial charge in [-0.1, -0.05) is 24.6 Å². The smallest absolute Gasteiger partial charge is 0.208 e. The fourth-order valence-corrected chi connectivity index (χ4v) is 2.49. The molecule has 0 aliphatic carbocycles. The molecular formula is C14H22ClN5. The van der Waals surface area contributed by atoms with Crippen molar-refractivity contribution in [3.05, 3.63) is 29.3 Å². The predicted octanol–water partition coefficient (Wildman–Crippen LogP) is 1.69. The molecule has 20 heavy (non-hydrogen) atoms. The Labute approximate surface area is 125 Å². The molecule has 1 heterocycles. The summed E-state index contributed by atoms with van der Waals surface area (Å²) in [7, 11) is 0. The Morgan fingerprint density at radius 1 is 1.35 bits per heavy atom. The van der Waals surface area contributed by atoms with E-state index in [-0.39, 0.29) is 0 Å². The molecule has 3 N–H and O–H groups in total. The lowest BCUT2D eigenvalue weighted by Gasteiger charge is -2.37. The number of hydrazine groups is 1. The second kappa shape index (κ2) is 7.36. The van der Waals surface area contributed by atoms with Gasteiger partial charge in [-0.3, -0.25) is 10.4 Å². The van der Waals surface area contributed by atoms with E-state index in [0.717, 1.165) is 50.1 Å². The Morgan fingerprint density at radius 3 is 2.70 bits per heavy atom. The van der Waals surface area contributed by atoms with Crippen LogP contribution in [0.15, 0.2) is 29.3 Å². The highest BCUT2D eigenvalue weighted by Gasteiger charge is 2.19. The molecule has 6 heteroatoms. The van der Waals surface area contributed by atoms with Gasteiger partial charge in [0.25, 0.3) is 0 Å². The first-order valence-corrected chi connectivity index (χ1v) is 7.39. The van der Waals surface area contributed by atoms with E-state index < -0.39 is 0 Å². The summed E-state index contributed by atoms with van der Waals surface area (Å²) in [6.07, 6.45) is 1.02. The number of hydrogen-bond donors (Lipinski definition) is 2. The molecule has 5 nitrogen and oxygen atoms in total. The lowest BCUT2D eigenvalue weighted by atomic mass is 10.2. The molecule has 1 aromatic rings. The third kappa shape index (κ3) is 3.77. The van der Waals surface area contributed by atoms with Crippen molar-refractivity contribution < 1.29 is 0 Å². The van der Waals surface area contributed by atoms with Gasteiger partial charge in [0.1, 0.15) is 0 Å². The molecule has 1 aliphatic rings. The van der Waals surface area contributed by atoms with E-state index in [2.05, 4.69) is 33.2 Å². The van der Waals surface area contributed by atoms with Crippen LogP contribution in [0.2, 0.25) is 5.02 Å². The van der Waals surface area contributed by atoms with Crippen molar-refractivity contribution in [1.82, 2.24) is 10.3 Å². The maximum Gasteiger partial charge on any atom is 0.208 e. The SMILES string of the molecule is CCCN=C(NN)N1CCN(c2cccc(Cl)c2)CC1. The molecule has 1 fully saturated rings. The quantitative estimate of drug-likeness (QED) is 0.386. The van der Waals surface area contributed by atoms with Crippen LogP contribution in [0.25, 0.3) is 0 Å². The van der Waals surface area contributed by atoms with E-state index in [1.54, 1.807) is 0 Å². The van der Waals surface area contributed by atoms with Gasteiger partial charge < -0.3 is 9.80 Å². The minimum absolute atomic E-state index is 0.777. The minimum atomic E-state index is 0.777. The van der Waals surface area contributed by atoms with Gasteiger partial charge in [-0.05, 0) is 24.6 Å². The van der Waals surface area contributed by atoms with E-state index in [1.165, 1.54) is 5.69 Å². The van der Waals surface area contributed by atoms with Crippen LogP contribution in [0.3, 0.4) is 0 Å². The van der Waals surface area contributed by atoms with Crippen LogP contribution in [0.5, 0.6) is 0 Å². The standard InChI is InChI=1S/C14H22ClN5/c1-2-6-17-14(18-16)20-9-7-19(8-10-20)13-5-3-4-12(15)11-13/h3-5,11H,2,6-10,16H2,1H3,(H,17,18). The van der Waals surface area contributed by atoms with Gasteiger partial charge in [0.2, 0.25) is 5.96 Å². The first kappa shape index (κ1) is 14.9. The molecule has 2 rings (SSSR count). The monoisotopic (exact) mass is 295 g/mol. The van der Waals surface area contributed by atoms with Crippen molar-refractivity contribution in [3.8, 4) is 0 Å². The number of nitrogens with zero attached hydrogens (tertiary/aromatic N) is 3. The van der Waals surface area contributed by atoms with Gasteiger partial charge in [0, 0.05) is 43.4 Å². The summed E-state index contributed by atoms with van der Waals surface area (Å²) >= 11 is 6.04. The number of piperazine rings is 1. The summed E-state index contributed by atoms with van der Waals surface area (Å²) in [5.41, 5.74) is 3.88. The summed E-state index contributed by atoms with van der Waals surface area (Å²) in [5.74, 6) is 6.35. The second-order valence-electron chi connectivity index (χ2n) is 4.80. The maximum absolute atomic E-state index is 6.04. The zero-order valence-electron chi connectivity index (χ0n) is 11.8. The summed E-state index contributed by atoms with van der Waals surface area (Å²) in [6.45, 7) is 6.58. The van der Waals surface area contributed by atoms with Gasteiger partial charge in [-0.2, -0.15) is 0 Å². The number of rotatable bonds is 3. The molecule has 0 amide bonds. The maximum atomic E-state index is 6.04. The number of nitrogens with one attached hydrogen (secondary N) is 1. The first-order chi connectivity index (χ1) is 9.74. The number of halogens is 1. The lowest BCUT2D eigenvalue weighted by molar-refractivity contribution is 0.372. The fraction of sp³-hybridized carbons (Fsp3) is 0.500. The highest BCUT2D eigenvalue weighted by molar-refractivity contribution is 6.30. The second-order valence-corrected chi connectivity index (χ2v) is 5.24. The van der Waals surface area contributed by atoms with Crippen molar-refractivity contribution in [2.45, 2.75) is 13.3 Å². The molecule has 0 spiro atoms. The van der Waals surface area contributed by atoms with E-state index in [9.17, 15) is 0 Å². The van der Waals surface area contributed by atoms with Crippen molar-refractivity contribution in [2.75, 3.05) is 37.6 Å². The molecule has 1 saturated heterocycles. The van der Waals surface area contributed by atoms with Crippen molar-refractivity contribution in [1.29, 1.82) is 0 Å². The van der Waals surface area contributed by atoms with Crippen LogP contribution in [0.1, 0.15) is 13.3 Å². The molecule has 1 aromatic carbocycles. The third-order valence-corrected chi connectivity index (χ3v) is 3.60. The van der Waals surface area contributed by atoms with Gasteiger partial charge in [-0.25, -0.2) is 5.84 Å². The topological polar surface area (TPSA) is 56.9 Å². The molecule has 1 aliphatic heterocycles. The number of nitrogens with two attached hydrogens (primary N) is 1. The zero-order chi connectivity index (χ0) is 14.4. The Morgan fingerprint density at radius 2 is 2.10 bits per heavy atom. The van der Waals surface area contributed by atoms with Crippen LogP contribution < -0.4 is 16.2 Å². The van der Waals surface area contributed by atoms with Crippen LogP contribution in [-0.2, 0) is 0 Å². The van der Waals surface area contributed by atoms with Gasteiger partial charge in [0.15, 0.2) is 0 Å². The van der Waals surface area contributed by atoms with Gasteiger partial charge >= 0.3 is 0 Å². The number of hydrogen-bond acceptors (Lipinski definition) is 3. The van der Waals surface area contributed by atoms with Crippen LogP contribution in [0.4, 0.5) is 5.69 Å². The van der Waals surface area contributed by atoms with Crippen molar-refractivity contribution in [3.63, 3.8) is 0 Å². The predicted molar refractivity (Wildman–Crippen MR) is 85.2 cm³/mol. The zero-order valence-corrected chi connectivity index (χ0v) is 12.6. The molecule has 0 aromatic heterocycles. The molecule has 0 saturated carbocycles. The molecule has 110 valence electrons. The van der Waals surface area contributed by atoms with Crippen LogP contribution >= 0.6 is 11.6 Å². The number of benzene rings is 1. The third-order valence-electron chi connectivity index (χ3n) is 3.37. The van der Waals surface area contributed by atoms with Gasteiger partial charge in [0.05, 0.1) is 0 Å². The summed E-state index contributed by atoms with van der Waals surface area (Å²) in [6, 6.07) is 7.98. The molecule has 0 atom stereocenters. The van der Waals surface area contributed by atoms with E-state index in [1.807, 2.05) is 18.2 Å². The van der Waals surface area contributed by atoms with Gasteiger partial charge in [-0.15, -0.1) is 0 Å². The molecule has 0 bridgehead atoms. The Kier molecular flexibility index (Phi) is 5.49. The highest BCUT2D eigenvalue weighted by atomic mass is 35.5. The normalized spacial score (nSPS) is 16.4. The Balaban J connectivity index is 1.95. The summed E-state index contributed by atoms with van der Waals surface area (Å²) in [5, 5.41) is 0.777. The Bertz CT molecular complexity index is 455. The van der Waals surface area contributed by atoms with Crippen molar-refractivity contribution in [2.24, 2.45) is 10.8 Å². The number of guanidine groups is 1. The largest absolute Gasteiger partial charge is 0.368 e. The average molecular weight is 296 g/mol. The highest BCUT2D eigenvalue weighted by Crippen LogP contribution is 2.20. The molecular weight excluding hydrogens is 274 g/mol. The fourth-order valence-electron chi connectivity index (χ4n) is 2.30. The summed E-state index contributed by atoms with van der Waals surface area (Å²) in [4.78, 5) is 8.98. The lowest BCUT2D eigenvalue weighted by Crippen LogP contribution is -2.54. The first-order valence-electron chi connectivity index (χ1n) is 7.01. The van der Waals surface area contributed by atoms with E-state index in [4.69, 9.17) is 17.4 Å². The molecule has 0 radical (unpaired) electrons. The van der Waals surface area contributed by atoms with E-state index in [0.29, 0.717) is 0 Å².